The average Bonchev–Trinajstić information content (AvgIpc) is 2.27. The predicted molar refractivity (Wildman–Crippen MR) is 56.6 cm³/mol. The third kappa shape index (κ3) is 3.61. The zero-order valence-corrected chi connectivity index (χ0v) is 9.24. The number of aliphatic hydroxyl groups excluding tert-OH is 1. The van der Waals surface area contributed by atoms with E-state index in [2.05, 4.69) is 0 Å². The lowest BCUT2D eigenvalue weighted by Gasteiger charge is -2.20. The summed E-state index contributed by atoms with van der Waals surface area (Å²) < 4.78 is 41.7. The van der Waals surface area contributed by atoms with Gasteiger partial charge in [0.05, 0.1) is 13.2 Å². The highest BCUT2D eigenvalue weighted by atomic mass is 19.4. The molecule has 0 heterocycles. The molecule has 6 heteroatoms. The molecule has 0 aliphatic rings. The highest BCUT2D eigenvalue weighted by Gasteiger charge is 2.38. The molecule has 3 nitrogen and oxygen atoms in total. The van der Waals surface area contributed by atoms with E-state index in [0.717, 1.165) is 0 Å². The predicted octanol–water partition coefficient (Wildman–Crippen LogP) is 2.01. The van der Waals surface area contributed by atoms with Crippen molar-refractivity contribution in [1.82, 2.24) is 0 Å². The lowest BCUT2D eigenvalue weighted by Crippen LogP contribution is -2.38. The number of nitrogens with two attached hydrogens (primary N) is 1. The van der Waals surface area contributed by atoms with E-state index in [9.17, 15) is 18.3 Å². The second-order valence-electron chi connectivity index (χ2n) is 3.64. The Hall–Kier alpha value is -1.27. The monoisotopic (exact) mass is 249 g/mol. The van der Waals surface area contributed by atoms with E-state index in [1.54, 1.807) is 18.2 Å². The zero-order valence-electron chi connectivity index (χ0n) is 9.24. The first-order chi connectivity index (χ1) is 7.86. The molecule has 0 aliphatic carbocycles. The van der Waals surface area contributed by atoms with Crippen molar-refractivity contribution in [2.75, 3.05) is 7.11 Å². The van der Waals surface area contributed by atoms with Gasteiger partial charge in [0.15, 0.2) is 0 Å². The van der Waals surface area contributed by atoms with Crippen LogP contribution in [0.1, 0.15) is 18.1 Å². The van der Waals surface area contributed by atoms with E-state index < -0.39 is 24.7 Å². The number of hydrogen-bond donors (Lipinski definition) is 2. The Morgan fingerprint density at radius 1 is 1.35 bits per heavy atom. The average molecular weight is 249 g/mol. The van der Waals surface area contributed by atoms with Crippen LogP contribution in [0.25, 0.3) is 0 Å². The van der Waals surface area contributed by atoms with Gasteiger partial charge >= 0.3 is 6.18 Å². The van der Waals surface area contributed by atoms with Gasteiger partial charge in [-0.25, -0.2) is 0 Å². The largest absolute Gasteiger partial charge is 0.496 e. The van der Waals surface area contributed by atoms with Crippen LogP contribution in [0.5, 0.6) is 5.75 Å². The number of benzene rings is 1. The van der Waals surface area contributed by atoms with Gasteiger partial charge in [-0.3, -0.25) is 0 Å². The molecule has 0 aliphatic heterocycles. The van der Waals surface area contributed by atoms with Crippen LogP contribution in [0.3, 0.4) is 0 Å². The van der Waals surface area contributed by atoms with Gasteiger partial charge in [0.1, 0.15) is 11.8 Å². The molecule has 17 heavy (non-hydrogen) atoms. The van der Waals surface area contributed by atoms with E-state index in [0.29, 0.717) is 11.3 Å². The van der Waals surface area contributed by atoms with Crippen molar-refractivity contribution in [3.05, 3.63) is 29.8 Å². The van der Waals surface area contributed by atoms with Crippen molar-refractivity contribution in [2.45, 2.75) is 24.7 Å². The van der Waals surface area contributed by atoms with E-state index in [1.807, 2.05) is 0 Å². The topological polar surface area (TPSA) is 55.5 Å². The second-order valence-corrected chi connectivity index (χ2v) is 3.64. The Morgan fingerprint density at radius 3 is 2.47 bits per heavy atom. The molecule has 0 unspecified atom stereocenters. The normalized spacial score (nSPS) is 15.4. The van der Waals surface area contributed by atoms with Crippen molar-refractivity contribution >= 4 is 0 Å². The lowest BCUT2D eigenvalue weighted by atomic mass is 10.0. The minimum Gasteiger partial charge on any atom is -0.496 e. The summed E-state index contributed by atoms with van der Waals surface area (Å²) in [6, 6.07) is 4.30. The van der Waals surface area contributed by atoms with Crippen molar-refractivity contribution < 1.29 is 23.0 Å². The molecule has 0 bridgehead atoms. The lowest BCUT2D eigenvalue weighted by molar-refractivity contribution is -0.153. The molecular formula is C11H14F3NO2. The summed E-state index contributed by atoms with van der Waals surface area (Å²) in [5.74, 6) is 0.342. The van der Waals surface area contributed by atoms with Crippen LogP contribution < -0.4 is 10.5 Å². The molecule has 1 aromatic rings. The Labute approximate surface area is 97.0 Å². The first kappa shape index (κ1) is 13.8. The van der Waals surface area contributed by atoms with E-state index in [4.69, 9.17) is 10.5 Å². The van der Waals surface area contributed by atoms with E-state index in [-0.39, 0.29) is 0 Å². The van der Waals surface area contributed by atoms with Gasteiger partial charge in [-0.05, 0) is 6.07 Å². The Morgan fingerprint density at radius 2 is 1.94 bits per heavy atom. The Kier molecular flexibility index (Phi) is 4.36. The molecule has 1 rings (SSSR count). The number of aliphatic hydroxyl groups is 1. The van der Waals surface area contributed by atoms with Gasteiger partial charge < -0.3 is 15.6 Å². The van der Waals surface area contributed by atoms with Crippen LogP contribution in [0.2, 0.25) is 0 Å². The summed E-state index contributed by atoms with van der Waals surface area (Å²) in [6.45, 7) is 0. The van der Waals surface area contributed by atoms with Gasteiger partial charge in [0.25, 0.3) is 0 Å². The molecule has 0 aromatic heterocycles. The maximum Gasteiger partial charge on any atom is 0.403 e. The number of ether oxygens (including phenoxy) is 1. The molecule has 2 atom stereocenters. The molecule has 0 fully saturated rings. The minimum atomic E-state index is -4.51. The maximum absolute atomic E-state index is 12.2. The van der Waals surface area contributed by atoms with E-state index >= 15 is 0 Å². The van der Waals surface area contributed by atoms with Crippen LogP contribution in [0, 0.1) is 0 Å². The Bertz CT molecular complexity index is 368. The maximum atomic E-state index is 12.2. The Balaban J connectivity index is 2.79. The third-order valence-electron chi connectivity index (χ3n) is 2.40. The summed E-state index contributed by atoms with van der Waals surface area (Å²) >= 11 is 0. The van der Waals surface area contributed by atoms with Crippen LogP contribution in [0.15, 0.2) is 24.3 Å². The smallest absolute Gasteiger partial charge is 0.403 e. The van der Waals surface area contributed by atoms with Crippen molar-refractivity contribution in [2.24, 2.45) is 5.73 Å². The SMILES string of the molecule is COc1ccccc1[C@@H](O)C[C@@H](N)C(F)(F)F. The molecule has 0 amide bonds. The van der Waals surface area contributed by atoms with Gasteiger partial charge in [-0.2, -0.15) is 13.2 Å². The number of para-hydroxylation sites is 1. The molecule has 0 saturated heterocycles. The van der Waals surface area contributed by atoms with Gasteiger partial charge in [0.2, 0.25) is 0 Å². The van der Waals surface area contributed by atoms with Crippen LogP contribution in [-0.4, -0.2) is 24.4 Å². The third-order valence-corrected chi connectivity index (χ3v) is 2.40. The van der Waals surface area contributed by atoms with Gasteiger partial charge in [-0.15, -0.1) is 0 Å². The minimum absolute atomic E-state index is 0.301. The molecular weight excluding hydrogens is 235 g/mol. The molecule has 96 valence electrons. The number of halogens is 3. The molecule has 3 N–H and O–H groups in total. The van der Waals surface area contributed by atoms with Crippen LogP contribution >= 0.6 is 0 Å². The van der Waals surface area contributed by atoms with Crippen molar-refractivity contribution in [3.8, 4) is 5.75 Å². The highest BCUT2D eigenvalue weighted by molar-refractivity contribution is 5.35. The summed E-state index contributed by atoms with van der Waals surface area (Å²) in [5, 5.41) is 9.71. The second kappa shape index (κ2) is 5.37. The molecule has 0 saturated carbocycles. The number of rotatable bonds is 4. The molecule has 1 aromatic carbocycles. The fourth-order valence-corrected chi connectivity index (χ4v) is 1.44. The first-order valence-corrected chi connectivity index (χ1v) is 4.99. The van der Waals surface area contributed by atoms with Crippen LogP contribution in [0.4, 0.5) is 13.2 Å². The molecule has 0 radical (unpaired) electrons. The first-order valence-electron chi connectivity index (χ1n) is 4.99. The molecule has 0 spiro atoms. The van der Waals surface area contributed by atoms with E-state index in [1.165, 1.54) is 13.2 Å². The van der Waals surface area contributed by atoms with Crippen molar-refractivity contribution in [1.29, 1.82) is 0 Å². The number of methoxy groups -OCH3 is 1. The van der Waals surface area contributed by atoms with Gasteiger partial charge in [0, 0.05) is 12.0 Å². The summed E-state index contributed by atoms with van der Waals surface area (Å²) in [4.78, 5) is 0. The van der Waals surface area contributed by atoms with Crippen LogP contribution in [-0.2, 0) is 0 Å². The summed E-state index contributed by atoms with van der Waals surface area (Å²) in [6.07, 6.45) is -6.41. The summed E-state index contributed by atoms with van der Waals surface area (Å²) in [7, 11) is 1.38. The summed E-state index contributed by atoms with van der Waals surface area (Å²) in [5.41, 5.74) is 5.26. The number of hydrogen-bond acceptors (Lipinski definition) is 3. The highest BCUT2D eigenvalue weighted by Crippen LogP contribution is 2.31. The quantitative estimate of drug-likeness (QED) is 0.858. The fraction of sp³-hybridized carbons (Fsp3) is 0.455. The zero-order chi connectivity index (χ0) is 13.1. The van der Waals surface area contributed by atoms with Gasteiger partial charge in [-0.1, -0.05) is 18.2 Å². The number of alkyl halides is 3. The standard InChI is InChI=1S/C11H14F3NO2/c1-17-9-5-3-2-4-7(9)8(16)6-10(15)11(12,13)14/h2-5,8,10,16H,6,15H2,1H3/t8-,10+/m0/s1. The van der Waals surface area contributed by atoms with Crippen molar-refractivity contribution in [3.63, 3.8) is 0 Å². The fourth-order valence-electron chi connectivity index (χ4n) is 1.44.